The van der Waals surface area contributed by atoms with Gasteiger partial charge in [0.2, 0.25) is 0 Å². The van der Waals surface area contributed by atoms with Crippen molar-refractivity contribution < 1.29 is 0 Å². The third kappa shape index (κ3) is 6.20. The van der Waals surface area contributed by atoms with Crippen molar-refractivity contribution in [2.75, 3.05) is 0 Å². The molecule has 2 aromatic heterocycles. The Labute approximate surface area is 320 Å². The van der Waals surface area contributed by atoms with Crippen LogP contribution in [-0.2, 0) is 6.42 Å². The molecule has 0 radical (unpaired) electrons. The molecule has 55 heavy (non-hydrogen) atoms. The van der Waals surface area contributed by atoms with E-state index in [4.69, 9.17) is 19.9 Å². The van der Waals surface area contributed by atoms with Crippen molar-refractivity contribution in [1.82, 2.24) is 19.9 Å². The third-order valence-corrected chi connectivity index (χ3v) is 10.5. The Bertz CT molecular complexity index is 2880. The maximum absolute atomic E-state index is 5.20. The highest BCUT2D eigenvalue weighted by molar-refractivity contribution is 5.96. The van der Waals surface area contributed by atoms with E-state index in [9.17, 15) is 0 Å². The topological polar surface area (TPSA) is 51.6 Å². The van der Waals surface area contributed by atoms with Gasteiger partial charge in [-0.1, -0.05) is 170 Å². The molecule has 258 valence electrons. The molecule has 2 heterocycles. The van der Waals surface area contributed by atoms with E-state index in [0.29, 0.717) is 11.6 Å². The Hall–Kier alpha value is -7.30. The summed E-state index contributed by atoms with van der Waals surface area (Å²) in [5, 5.41) is 2.49. The van der Waals surface area contributed by atoms with Crippen molar-refractivity contribution in [1.29, 1.82) is 0 Å². The Balaban J connectivity index is 1.18. The van der Waals surface area contributed by atoms with Crippen molar-refractivity contribution in [3.05, 3.63) is 205 Å². The highest BCUT2D eigenvalue weighted by Gasteiger charge is 2.19. The van der Waals surface area contributed by atoms with Crippen LogP contribution in [0.1, 0.15) is 22.3 Å². The van der Waals surface area contributed by atoms with E-state index in [-0.39, 0.29) is 0 Å². The van der Waals surface area contributed by atoms with Crippen LogP contribution in [0.25, 0.3) is 90.5 Å². The molecule has 7 aromatic carbocycles. The molecule has 0 unspecified atom stereocenters. The SMILES string of the molecule is C1=C\c2ccc(-c3cc(-c4ccccc4)nc(-c4cnc(-c5ccccc5)nc4)n3)cc2-c2ccc3ccccc3c2Cc2ccccc2-c2ccccc2/1. The zero-order chi connectivity index (χ0) is 36.6. The Kier molecular flexibility index (Phi) is 8.19. The van der Waals surface area contributed by atoms with Crippen molar-refractivity contribution in [3.63, 3.8) is 0 Å². The van der Waals surface area contributed by atoms with Gasteiger partial charge in [0.1, 0.15) is 0 Å². The molecule has 0 bridgehead atoms. The molecular weight excluding hydrogens is 669 g/mol. The number of rotatable bonds is 4. The molecule has 4 heteroatoms. The molecule has 0 atom stereocenters. The van der Waals surface area contributed by atoms with E-state index < -0.39 is 0 Å². The summed E-state index contributed by atoms with van der Waals surface area (Å²) in [6.45, 7) is 0. The minimum Gasteiger partial charge on any atom is -0.236 e. The fourth-order valence-corrected chi connectivity index (χ4v) is 7.73. The highest BCUT2D eigenvalue weighted by atomic mass is 14.9. The summed E-state index contributed by atoms with van der Waals surface area (Å²) < 4.78 is 0. The van der Waals surface area contributed by atoms with Crippen LogP contribution in [0.2, 0.25) is 0 Å². The Morgan fingerprint density at radius 2 is 1.02 bits per heavy atom. The zero-order valence-corrected chi connectivity index (χ0v) is 30.0. The van der Waals surface area contributed by atoms with E-state index in [1.807, 2.05) is 60.9 Å². The summed E-state index contributed by atoms with van der Waals surface area (Å²) in [6, 6.07) is 59.9. The van der Waals surface area contributed by atoms with Gasteiger partial charge in [-0.15, -0.1) is 0 Å². The van der Waals surface area contributed by atoms with Crippen molar-refractivity contribution in [2.45, 2.75) is 6.42 Å². The molecular formula is C51H34N4. The molecule has 4 nitrogen and oxygen atoms in total. The number of fused-ring (bicyclic) bond motifs is 8. The van der Waals surface area contributed by atoms with Gasteiger partial charge in [0.25, 0.3) is 0 Å². The molecule has 1 aliphatic carbocycles. The minimum atomic E-state index is 0.576. The van der Waals surface area contributed by atoms with Gasteiger partial charge in [-0.25, -0.2) is 19.9 Å². The van der Waals surface area contributed by atoms with Crippen molar-refractivity contribution in [2.24, 2.45) is 0 Å². The average Bonchev–Trinajstić information content (AvgIpc) is 3.28. The van der Waals surface area contributed by atoms with E-state index in [2.05, 4.69) is 133 Å². The van der Waals surface area contributed by atoms with Gasteiger partial charge in [-0.2, -0.15) is 0 Å². The second-order valence-electron chi connectivity index (χ2n) is 13.9. The number of hydrogen-bond donors (Lipinski definition) is 0. The molecule has 10 rings (SSSR count). The molecule has 1 aliphatic rings. The molecule has 0 spiro atoms. The summed E-state index contributed by atoms with van der Waals surface area (Å²) in [7, 11) is 0. The van der Waals surface area contributed by atoms with E-state index in [0.717, 1.165) is 51.2 Å². The molecule has 0 aliphatic heterocycles. The first-order chi connectivity index (χ1) is 27.2. The first-order valence-corrected chi connectivity index (χ1v) is 18.6. The summed E-state index contributed by atoms with van der Waals surface area (Å²) in [5.74, 6) is 1.24. The van der Waals surface area contributed by atoms with Gasteiger partial charge >= 0.3 is 0 Å². The third-order valence-electron chi connectivity index (χ3n) is 10.5. The van der Waals surface area contributed by atoms with Gasteiger partial charge in [0.05, 0.1) is 17.0 Å². The molecule has 0 fully saturated rings. The normalized spacial score (nSPS) is 12.4. The molecule has 0 saturated heterocycles. The van der Waals surface area contributed by atoms with Crippen LogP contribution in [0.5, 0.6) is 0 Å². The highest BCUT2D eigenvalue weighted by Crippen LogP contribution is 2.40. The van der Waals surface area contributed by atoms with Gasteiger partial charge in [0.15, 0.2) is 11.6 Å². The standard InChI is InChI=1S/C51H34N4/c1-3-15-37(16-4-1)48-31-49(55-51(54-48)41-32-52-50(53-33-41)38-17-5-2-6-18-38)40-26-25-36-24-23-34-13-7-10-20-42(34)44-22-12-9-19-39(44)29-47-43-21-11-8-14-35(43)27-28-45(47)46(36)30-40/h1-28,30-33H,29H2/b24-23-. The average molecular weight is 703 g/mol. The predicted octanol–water partition coefficient (Wildman–Crippen LogP) is 12.5. The summed E-state index contributed by atoms with van der Waals surface area (Å²) in [6.07, 6.45) is 8.95. The minimum absolute atomic E-state index is 0.576. The summed E-state index contributed by atoms with van der Waals surface area (Å²) in [5.41, 5.74) is 15.2. The largest absolute Gasteiger partial charge is 0.236 e. The van der Waals surface area contributed by atoms with Gasteiger partial charge in [-0.3, -0.25) is 0 Å². The smallest absolute Gasteiger partial charge is 0.163 e. The quantitative estimate of drug-likeness (QED) is 0.183. The van der Waals surface area contributed by atoms with Gasteiger partial charge in [0, 0.05) is 29.1 Å². The van der Waals surface area contributed by atoms with Crippen molar-refractivity contribution >= 4 is 22.9 Å². The number of aromatic nitrogens is 4. The van der Waals surface area contributed by atoms with Crippen LogP contribution < -0.4 is 0 Å². The second-order valence-corrected chi connectivity index (χ2v) is 13.9. The first kappa shape index (κ1) is 32.4. The fraction of sp³-hybridized carbons (Fsp3) is 0.0196. The van der Waals surface area contributed by atoms with Crippen LogP contribution in [0, 0.1) is 0 Å². The molecule has 0 amide bonds. The van der Waals surface area contributed by atoms with Gasteiger partial charge in [-0.05, 0) is 73.8 Å². The maximum atomic E-state index is 5.20. The fourth-order valence-electron chi connectivity index (χ4n) is 7.73. The van der Waals surface area contributed by atoms with Gasteiger partial charge < -0.3 is 0 Å². The van der Waals surface area contributed by atoms with Crippen LogP contribution in [-0.4, -0.2) is 19.9 Å². The van der Waals surface area contributed by atoms with E-state index >= 15 is 0 Å². The van der Waals surface area contributed by atoms with Crippen LogP contribution in [0.15, 0.2) is 182 Å². The lowest BCUT2D eigenvalue weighted by Crippen LogP contribution is -1.99. The monoisotopic (exact) mass is 702 g/mol. The Morgan fingerprint density at radius 1 is 0.382 bits per heavy atom. The zero-order valence-electron chi connectivity index (χ0n) is 30.0. The lowest BCUT2D eigenvalue weighted by molar-refractivity contribution is 1.13. The lowest BCUT2D eigenvalue weighted by Gasteiger charge is -2.18. The van der Waals surface area contributed by atoms with Crippen LogP contribution in [0.3, 0.4) is 0 Å². The van der Waals surface area contributed by atoms with Crippen LogP contribution >= 0.6 is 0 Å². The summed E-state index contributed by atoms with van der Waals surface area (Å²) in [4.78, 5) is 19.7. The second kappa shape index (κ2) is 13.9. The number of nitrogens with zero attached hydrogens (tertiary/aromatic N) is 4. The molecule has 0 saturated carbocycles. The van der Waals surface area contributed by atoms with E-state index in [1.165, 1.54) is 44.2 Å². The Morgan fingerprint density at radius 3 is 1.82 bits per heavy atom. The van der Waals surface area contributed by atoms with Crippen molar-refractivity contribution in [3.8, 4) is 67.5 Å². The molecule has 9 aromatic rings. The number of benzene rings is 7. The first-order valence-electron chi connectivity index (χ1n) is 18.6. The molecule has 0 N–H and O–H groups in total. The predicted molar refractivity (Wildman–Crippen MR) is 226 cm³/mol. The lowest BCUT2D eigenvalue weighted by atomic mass is 9.86. The van der Waals surface area contributed by atoms with Crippen LogP contribution in [0.4, 0.5) is 0 Å². The van der Waals surface area contributed by atoms with E-state index in [1.54, 1.807) is 0 Å². The number of hydrogen-bond acceptors (Lipinski definition) is 4. The maximum Gasteiger partial charge on any atom is 0.163 e. The summed E-state index contributed by atoms with van der Waals surface area (Å²) >= 11 is 0.